The second kappa shape index (κ2) is 10.6. The first-order valence-corrected chi connectivity index (χ1v) is 13.9. The monoisotopic (exact) mass is 501 g/mol. The average molecular weight is 502 g/mol. The maximum Gasteiger partial charge on any atom is 0.254 e. The maximum atomic E-state index is 13.5. The van der Waals surface area contributed by atoms with Gasteiger partial charge < -0.3 is 9.80 Å². The van der Waals surface area contributed by atoms with Crippen LogP contribution in [0.2, 0.25) is 0 Å². The largest absolute Gasteiger partial charge is 0.338 e. The summed E-state index contributed by atoms with van der Waals surface area (Å²) < 4.78 is 0. The normalized spacial score (nSPS) is 20.3. The molecule has 6 heteroatoms. The van der Waals surface area contributed by atoms with Crippen LogP contribution in [0.3, 0.4) is 0 Å². The summed E-state index contributed by atoms with van der Waals surface area (Å²) in [6.45, 7) is 9.31. The molecular formula is C30H35N3O2S. The van der Waals surface area contributed by atoms with Gasteiger partial charge in [0.1, 0.15) is 0 Å². The number of hydrogen-bond donors (Lipinski definition) is 0. The summed E-state index contributed by atoms with van der Waals surface area (Å²) in [6.07, 6.45) is 1.94. The number of piperazine rings is 1. The molecule has 0 radical (unpaired) electrons. The molecule has 36 heavy (non-hydrogen) atoms. The molecule has 0 N–H and O–H groups in total. The summed E-state index contributed by atoms with van der Waals surface area (Å²) in [7, 11) is 0. The van der Waals surface area contributed by atoms with Crippen LogP contribution >= 0.6 is 11.3 Å². The van der Waals surface area contributed by atoms with Crippen LogP contribution in [0, 0.1) is 6.92 Å². The maximum absolute atomic E-state index is 13.5. The highest BCUT2D eigenvalue weighted by molar-refractivity contribution is 7.10. The van der Waals surface area contributed by atoms with Gasteiger partial charge in [-0.2, -0.15) is 0 Å². The van der Waals surface area contributed by atoms with Crippen LogP contribution < -0.4 is 0 Å². The summed E-state index contributed by atoms with van der Waals surface area (Å²) >= 11 is 1.82. The van der Waals surface area contributed by atoms with E-state index >= 15 is 0 Å². The molecule has 5 rings (SSSR count). The van der Waals surface area contributed by atoms with E-state index in [0.29, 0.717) is 26.2 Å². The number of amides is 2. The average Bonchev–Trinajstić information content (AvgIpc) is 3.38. The van der Waals surface area contributed by atoms with Crippen molar-refractivity contribution in [2.45, 2.75) is 45.7 Å². The van der Waals surface area contributed by atoms with Crippen molar-refractivity contribution in [1.29, 1.82) is 0 Å². The van der Waals surface area contributed by atoms with E-state index in [-0.39, 0.29) is 23.9 Å². The molecule has 2 aliphatic rings. The fourth-order valence-corrected chi connectivity index (χ4v) is 6.51. The molecule has 0 spiro atoms. The standard InChI is InChI=1S/C30H35N3O2S/c1-4-23-9-11-24(12-10-23)30(35)33-17-16-31(19-22(33)3)28(34)20-32-15-13-27-26(14-18-36-27)29(32)25-8-6-5-7-21(25)2/h5-12,14,18,22,29H,4,13,15-17,19-20H2,1-3H3/t22-,29+/m1/s1. The van der Waals surface area contributed by atoms with Gasteiger partial charge in [-0.05, 0) is 72.5 Å². The summed E-state index contributed by atoms with van der Waals surface area (Å²) in [5, 5.41) is 2.18. The molecule has 5 nitrogen and oxygen atoms in total. The Labute approximate surface area is 218 Å². The van der Waals surface area contributed by atoms with Crippen molar-refractivity contribution in [2.24, 2.45) is 0 Å². The lowest BCUT2D eigenvalue weighted by molar-refractivity contribution is -0.135. The minimum absolute atomic E-state index is 0.0157. The van der Waals surface area contributed by atoms with E-state index in [1.54, 1.807) is 0 Å². The molecule has 2 atom stereocenters. The Morgan fingerprint density at radius 1 is 0.972 bits per heavy atom. The summed E-state index contributed by atoms with van der Waals surface area (Å²) in [4.78, 5) is 34.3. The van der Waals surface area contributed by atoms with Gasteiger partial charge in [0.15, 0.2) is 0 Å². The Morgan fingerprint density at radius 3 is 2.47 bits per heavy atom. The smallest absolute Gasteiger partial charge is 0.254 e. The first-order valence-electron chi connectivity index (χ1n) is 13.0. The number of aryl methyl sites for hydroxylation is 2. The highest BCUT2D eigenvalue weighted by Crippen LogP contribution is 2.38. The number of rotatable bonds is 5. The van der Waals surface area contributed by atoms with E-state index in [0.717, 1.165) is 24.9 Å². The van der Waals surface area contributed by atoms with E-state index in [1.807, 2.05) is 52.3 Å². The van der Waals surface area contributed by atoms with Crippen molar-refractivity contribution in [1.82, 2.24) is 14.7 Å². The number of fused-ring (bicyclic) bond motifs is 1. The van der Waals surface area contributed by atoms with Gasteiger partial charge in [-0.15, -0.1) is 11.3 Å². The van der Waals surface area contributed by atoms with Crippen molar-refractivity contribution in [2.75, 3.05) is 32.7 Å². The second-order valence-corrected chi connectivity index (χ2v) is 11.0. The minimum Gasteiger partial charge on any atom is -0.338 e. The molecule has 1 saturated heterocycles. The van der Waals surface area contributed by atoms with Gasteiger partial charge >= 0.3 is 0 Å². The van der Waals surface area contributed by atoms with E-state index < -0.39 is 0 Å². The third-order valence-electron chi connectivity index (χ3n) is 7.74. The zero-order valence-corrected chi connectivity index (χ0v) is 22.3. The number of hydrogen-bond acceptors (Lipinski definition) is 4. The van der Waals surface area contributed by atoms with Crippen molar-refractivity contribution >= 4 is 23.2 Å². The summed E-state index contributed by atoms with van der Waals surface area (Å²) in [5.74, 6) is 0.205. The first-order chi connectivity index (χ1) is 17.5. The molecule has 3 heterocycles. The molecule has 0 aliphatic carbocycles. The molecule has 2 aromatic carbocycles. The second-order valence-electron chi connectivity index (χ2n) is 10.0. The lowest BCUT2D eigenvalue weighted by Crippen LogP contribution is -2.57. The van der Waals surface area contributed by atoms with Gasteiger partial charge in [0.05, 0.1) is 12.6 Å². The molecule has 188 valence electrons. The van der Waals surface area contributed by atoms with Gasteiger partial charge in [-0.25, -0.2) is 0 Å². The highest BCUT2D eigenvalue weighted by atomic mass is 32.1. The van der Waals surface area contributed by atoms with E-state index in [4.69, 9.17) is 0 Å². The lowest BCUT2D eigenvalue weighted by atomic mass is 9.90. The predicted octanol–water partition coefficient (Wildman–Crippen LogP) is 4.94. The van der Waals surface area contributed by atoms with Crippen molar-refractivity contribution < 1.29 is 9.59 Å². The molecule has 0 bridgehead atoms. The van der Waals surface area contributed by atoms with Crippen molar-refractivity contribution in [3.05, 3.63) is 92.7 Å². The number of benzene rings is 2. The highest BCUT2D eigenvalue weighted by Gasteiger charge is 2.35. The molecule has 0 saturated carbocycles. The molecular weight excluding hydrogens is 466 g/mol. The molecule has 1 aromatic heterocycles. The van der Waals surface area contributed by atoms with Gasteiger partial charge in [0.2, 0.25) is 5.91 Å². The van der Waals surface area contributed by atoms with Gasteiger partial charge in [0, 0.05) is 42.7 Å². The number of nitrogens with zero attached hydrogens (tertiary/aromatic N) is 3. The molecule has 2 aliphatic heterocycles. The Hall–Kier alpha value is -2.96. The van der Waals surface area contributed by atoms with Crippen LogP contribution in [0.1, 0.15) is 57.4 Å². The van der Waals surface area contributed by atoms with Crippen LogP contribution in [0.4, 0.5) is 0 Å². The van der Waals surface area contributed by atoms with E-state index in [1.165, 1.54) is 27.1 Å². The molecule has 0 unspecified atom stereocenters. The Morgan fingerprint density at radius 2 is 1.75 bits per heavy atom. The van der Waals surface area contributed by atoms with Crippen molar-refractivity contribution in [3.8, 4) is 0 Å². The number of carbonyl (C=O) groups is 2. The van der Waals surface area contributed by atoms with Gasteiger partial charge in [-0.1, -0.05) is 43.3 Å². The third kappa shape index (κ3) is 4.84. The van der Waals surface area contributed by atoms with Crippen LogP contribution in [0.25, 0.3) is 0 Å². The van der Waals surface area contributed by atoms with Crippen LogP contribution in [-0.4, -0.2) is 65.3 Å². The third-order valence-corrected chi connectivity index (χ3v) is 8.73. The van der Waals surface area contributed by atoms with Crippen molar-refractivity contribution in [3.63, 3.8) is 0 Å². The fraction of sp³-hybridized carbons (Fsp3) is 0.400. The summed E-state index contributed by atoms with van der Waals surface area (Å²) in [6, 6.07) is 18.7. The topological polar surface area (TPSA) is 43.9 Å². The quantitative estimate of drug-likeness (QED) is 0.498. The van der Waals surface area contributed by atoms with Crippen LogP contribution in [0.5, 0.6) is 0 Å². The fourth-order valence-electron chi connectivity index (χ4n) is 5.60. The van der Waals surface area contributed by atoms with Crippen LogP contribution in [0.15, 0.2) is 60.0 Å². The first kappa shape index (κ1) is 24.7. The van der Waals surface area contributed by atoms with Gasteiger partial charge in [0.25, 0.3) is 5.91 Å². The lowest BCUT2D eigenvalue weighted by Gasteiger charge is -2.42. The zero-order chi connectivity index (χ0) is 25.2. The predicted molar refractivity (Wildman–Crippen MR) is 146 cm³/mol. The van der Waals surface area contributed by atoms with Crippen LogP contribution in [-0.2, 0) is 17.6 Å². The summed E-state index contributed by atoms with van der Waals surface area (Å²) in [5.41, 5.74) is 5.83. The molecule has 1 fully saturated rings. The Kier molecular flexibility index (Phi) is 7.26. The SMILES string of the molecule is CCc1ccc(C(=O)N2CCN(C(=O)CN3CCc4sccc4[C@@H]3c3ccccc3C)C[C@H]2C)cc1. The Bertz CT molecular complexity index is 1240. The van der Waals surface area contributed by atoms with E-state index in [9.17, 15) is 9.59 Å². The van der Waals surface area contributed by atoms with E-state index in [2.05, 4.69) is 54.5 Å². The Balaban J connectivity index is 1.27. The molecule has 3 aromatic rings. The number of thiophene rings is 1. The zero-order valence-electron chi connectivity index (χ0n) is 21.4. The van der Waals surface area contributed by atoms with Gasteiger partial charge in [-0.3, -0.25) is 14.5 Å². The minimum atomic E-state index is -0.0157. The molecule has 2 amide bonds. The number of carbonyl (C=O) groups excluding carboxylic acids is 2.